The van der Waals surface area contributed by atoms with Crippen LogP contribution < -0.4 is 5.32 Å². The van der Waals surface area contributed by atoms with Gasteiger partial charge in [0.15, 0.2) is 0 Å². The number of carboxylic acids is 1. The van der Waals surface area contributed by atoms with Gasteiger partial charge in [0.25, 0.3) is 0 Å². The van der Waals surface area contributed by atoms with Crippen LogP contribution in [0, 0.1) is 5.82 Å². The Hall–Kier alpha value is -3.19. The van der Waals surface area contributed by atoms with Crippen molar-refractivity contribution in [3.05, 3.63) is 87.6 Å². The normalized spacial score (nSPS) is 12.2. The van der Waals surface area contributed by atoms with Gasteiger partial charge in [0, 0.05) is 10.4 Å². The molecule has 0 atom stereocenters. The van der Waals surface area contributed by atoms with Gasteiger partial charge in [-0.2, -0.15) is 0 Å². The molecule has 29 heavy (non-hydrogen) atoms. The number of carbonyl (C=O) groups is 2. The van der Waals surface area contributed by atoms with E-state index in [-0.39, 0.29) is 28.2 Å². The van der Waals surface area contributed by atoms with Gasteiger partial charge in [-0.25, -0.2) is 14.0 Å². The molecule has 7 heteroatoms. The highest BCUT2D eigenvalue weighted by Gasteiger charge is 2.29. The molecule has 1 aliphatic rings. The summed E-state index contributed by atoms with van der Waals surface area (Å²) in [4.78, 5) is 23.5. The lowest BCUT2D eigenvalue weighted by atomic mass is 9.98. The summed E-state index contributed by atoms with van der Waals surface area (Å²) in [5.74, 6) is -2.14. The van der Waals surface area contributed by atoms with Gasteiger partial charge in [-0.1, -0.05) is 48.5 Å². The number of halogens is 2. The van der Waals surface area contributed by atoms with E-state index in [0.717, 1.165) is 34.4 Å². The van der Waals surface area contributed by atoms with E-state index >= 15 is 0 Å². The maximum absolute atomic E-state index is 14.1. The van der Waals surface area contributed by atoms with Crippen molar-refractivity contribution in [2.45, 2.75) is 5.92 Å². The molecule has 3 aromatic rings. The van der Waals surface area contributed by atoms with Crippen LogP contribution in [0.15, 0.2) is 65.1 Å². The molecule has 0 heterocycles. The first-order chi connectivity index (χ1) is 14.0. The fraction of sp³-hybridized carbons (Fsp3) is 0.0909. The summed E-state index contributed by atoms with van der Waals surface area (Å²) in [6.45, 7) is 0.0732. The van der Waals surface area contributed by atoms with E-state index in [1.807, 2.05) is 48.5 Å². The highest BCUT2D eigenvalue weighted by Crippen LogP contribution is 2.44. The Labute approximate surface area is 174 Å². The Kier molecular flexibility index (Phi) is 5.07. The molecule has 1 aliphatic carbocycles. The molecule has 4 rings (SSSR count). The van der Waals surface area contributed by atoms with Crippen molar-refractivity contribution in [2.24, 2.45) is 0 Å². The van der Waals surface area contributed by atoms with Gasteiger partial charge in [0.05, 0.1) is 11.3 Å². The number of benzene rings is 3. The minimum atomic E-state index is -1.24. The van der Waals surface area contributed by atoms with Gasteiger partial charge in [0.1, 0.15) is 12.4 Å². The number of carboxylic acid groups (broad SMARTS) is 1. The first-order valence-electron chi connectivity index (χ1n) is 8.80. The lowest BCUT2D eigenvalue weighted by molar-refractivity contribution is 0.0695. The van der Waals surface area contributed by atoms with Crippen molar-refractivity contribution in [1.82, 2.24) is 0 Å². The molecule has 2 N–H and O–H groups in total. The van der Waals surface area contributed by atoms with E-state index in [0.29, 0.717) is 0 Å². The Morgan fingerprint density at radius 1 is 1.03 bits per heavy atom. The molecular weight excluding hydrogens is 441 g/mol. The number of nitrogens with one attached hydrogen (secondary N) is 1. The van der Waals surface area contributed by atoms with Crippen LogP contribution in [-0.2, 0) is 4.74 Å². The van der Waals surface area contributed by atoms with E-state index < -0.39 is 17.9 Å². The van der Waals surface area contributed by atoms with Crippen LogP contribution in [-0.4, -0.2) is 23.8 Å². The molecule has 0 saturated carbocycles. The fourth-order valence-corrected chi connectivity index (χ4v) is 4.04. The number of fused-ring (bicyclic) bond motifs is 3. The number of rotatable bonds is 4. The number of anilines is 1. The second-order valence-corrected chi connectivity index (χ2v) is 7.42. The molecule has 0 aliphatic heterocycles. The molecule has 3 aromatic carbocycles. The van der Waals surface area contributed by atoms with Crippen LogP contribution in [0.4, 0.5) is 14.9 Å². The van der Waals surface area contributed by atoms with Gasteiger partial charge < -0.3 is 9.84 Å². The van der Waals surface area contributed by atoms with Crippen molar-refractivity contribution >= 4 is 33.7 Å². The molecule has 0 radical (unpaired) electrons. The molecule has 5 nitrogen and oxygen atoms in total. The zero-order chi connectivity index (χ0) is 20.5. The fourth-order valence-electron chi connectivity index (χ4n) is 3.55. The summed E-state index contributed by atoms with van der Waals surface area (Å²) in [5.41, 5.74) is 3.89. The summed E-state index contributed by atoms with van der Waals surface area (Å²) in [5, 5.41) is 11.4. The third-order valence-corrected chi connectivity index (χ3v) is 5.52. The summed E-state index contributed by atoms with van der Waals surface area (Å²) in [6.07, 6.45) is -0.857. The second-order valence-electron chi connectivity index (χ2n) is 6.57. The van der Waals surface area contributed by atoms with Crippen molar-refractivity contribution in [2.75, 3.05) is 11.9 Å². The largest absolute Gasteiger partial charge is 0.478 e. The molecule has 0 spiro atoms. The van der Waals surface area contributed by atoms with Crippen molar-refractivity contribution in [3.8, 4) is 11.1 Å². The quantitative estimate of drug-likeness (QED) is 0.532. The van der Waals surface area contributed by atoms with Crippen LogP contribution in [0.1, 0.15) is 27.4 Å². The Morgan fingerprint density at radius 3 is 2.21 bits per heavy atom. The third kappa shape index (κ3) is 3.61. The lowest BCUT2D eigenvalue weighted by Gasteiger charge is -2.15. The highest BCUT2D eigenvalue weighted by molar-refractivity contribution is 9.10. The molecule has 0 saturated heterocycles. The van der Waals surface area contributed by atoms with Gasteiger partial charge >= 0.3 is 12.1 Å². The van der Waals surface area contributed by atoms with Gasteiger partial charge in [-0.3, -0.25) is 5.32 Å². The number of hydrogen-bond donors (Lipinski definition) is 2. The SMILES string of the molecule is O=C(Nc1cc(C(=O)O)c(Br)cc1F)OCC1c2ccccc2-c2ccccc21. The highest BCUT2D eigenvalue weighted by atomic mass is 79.9. The Balaban J connectivity index is 1.51. The summed E-state index contributed by atoms with van der Waals surface area (Å²) < 4.78 is 19.5. The third-order valence-electron chi connectivity index (χ3n) is 4.87. The monoisotopic (exact) mass is 455 g/mol. The van der Waals surface area contributed by atoms with Crippen LogP contribution in [0.25, 0.3) is 11.1 Å². The van der Waals surface area contributed by atoms with E-state index in [1.165, 1.54) is 0 Å². The zero-order valence-corrected chi connectivity index (χ0v) is 16.6. The predicted octanol–water partition coefficient (Wildman–Crippen LogP) is 5.65. The molecule has 0 unspecified atom stereocenters. The molecule has 0 aromatic heterocycles. The van der Waals surface area contributed by atoms with Gasteiger partial charge in [0.2, 0.25) is 0 Å². The molecule has 146 valence electrons. The number of aromatic carboxylic acids is 1. The number of ether oxygens (including phenoxy) is 1. The van der Waals surface area contributed by atoms with E-state index in [2.05, 4.69) is 21.2 Å². The standard InChI is InChI=1S/C22H15BrFNO4/c23-18-10-19(24)20(9-16(18)21(26)27)25-22(28)29-11-17-14-7-3-1-5-12(14)13-6-2-4-8-15(13)17/h1-10,17H,11H2,(H,25,28)(H,26,27). The predicted molar refractivity (Wildman–Crippen MR) is 110 cm³/mol. The molecule has 1 amide bonds. The summed E-state index contributed by atoms with van der Waals surface area (Å²) >= 11 is 2.99. The zero-order valence-electron chi connectivity index (χ0n) is 15.0. The first kappa shape index (κ1) is 19.1. The summed E-state index contributed by atoms with van der Waals surface area (Å²) in [6, 6.07) is 17.9. The van der Waals surface area contributed by atoms with Gasteiger partial charge in [-0.15, -0.1) is 0 Å². The molecular formula is C22H15BrFNO4. The Bertz CT molecular complexity index is 1090. The van der Waals surface area contributed by atoms with E-state index in [1.54, 1.807) is 0 Å². The average molecular weight is 456 g/mol. The lowest BCUT2D eigenvalue weighted by Crippen LogP contribution is -2.19. The average Bonchev–Trinajstić information content (AvgIpc) is 3.02. The minimum absolute atomic E-state index is 0.0732. The minimum Gasteiger partial charge on any atom is -0.478 e. The Morgan fingerprint density at radius 2 is 1.62 bits per heavy atom. The summed E-state index contributed by atoms with van der Waals surface area (Å²) in [7, 11) is 0. The topological polar surface area (TPSA) is 75.6 Å². The van der Waals surface area contributed by atoms with Crippen molar-refractivity contribution < 1.29 is 23.8 Å². The van der Waals surface area contributed by atoms with Crippen LogP contribution in [0.3, 0.4) is 0 Å². The maximum Gasteiger partial charge on any atom is 0.411 e. The first-order valence-corrected chi connectivity index (χ1v) is 9.59. The number of carbonyl (C=O) groups excluding carboxylic acids is 1. The number of hydrogen-bond acceptors (Lipinski definition) is 3. The molecule has 0 bridgehead atoms. The van der Waals surface area contributed by atoms with Crippen LogP contribution >= 0.6 is 15.9 Å². The number of amides is 1. The smallest absolute Gasteiger partial charge is 0.411 e. The van der Waals surface area contributed by atoms with Crippen molar-refractivity contribution in [1.29, 1.82) is 0 Å². The van der Waals surface area contributed by atoms with Gasteiger partial charge in [-0.05, 0) is 50.3 Å². The molecule has 0 fully saturated rings. The van der Waals surface area contributed by atoms with Crippen LogP contribution in [0.2, 0.25) is 0 Å². The van der Waals surface area contributed by atoms with E-state index in [4.69, 9.17) is 9.84 Å². The van der Waals surface area contributed by atoms with Crippen molar-refractivity contribution in [3.63, 3.8) is 0 Å². The van der Waals surface area contributed by atoms with Crippen LogP contribution in [0.5, 0.6) is 0 Å². The maximum atomic E-state index is 14.1. The second kappa shape index (κ2) is 7.67. The van der Waals surface area contributed by atoms with E-state index in [9.17, 15) is 14.0 Å².